The molecule has 0 amide bonds. The quantitative estimate of drug-likeness (QED) is 0.795. The van der Waals surface area contributed by atoms with Gasteiger partial charge < -0.3 is 5.73 Å². The van der Waals surface area contributed by atoms with E-state index in [1.54, 1.807) is 0 Å². The van der Waals surface area contributed by atoms with E-state index in [2.05, 4.69) is 27.6 Å². The maximum Gasteiger partial charge on any atom is 0.239 e. The van der Waals surface area contributed by atoms with Crippen molar-refractivity contribution >= 4 is 17.3 Å². The fraction of sp³-hybridized carbons (Fsp3) is 0.400. The summed E-state index contributed by atoms with van der Waals surface area (Å²) in [6.45, 7) is 0.917. The predicted octanol–water partition coefficient (Wildman–Crippen LogP) is 1.65. The first-order valence-electron chi connectivity index (χ1n) is 5.05. The number of hydrogen-bond acceptors (Lipinski definition) is 4. The molecule has 5 heteroatoms. The molecular weight excluding hydrogens is 208 g/mol. The van der Waals surface area contributed by atoms with Crippen LogP contribution < -0.4 is 5.73 Å². The average Bonchev–Trinajstić information content (AvgIpc) is 2.82. The number of aromatic nitrogens is 3. The number of nitrogens with two attached hydrogens (primary N) is 1. The average molecular weight is 220 g/mol. The summed E-state index contributed by atoms with van der Waals surface area (Å²) in [5.74, 6) is 2.01. The smallest absolute Gasteiger partial charge is 0.239 e. The second kappa shape index (κ2) is 3.34. The molecule has 0 bridgehead atoms. The minimum atomic E-state index is 0.400. The summed E-state index contributed by atoms with van der Waals surface area (Å²) in [7, 11) is 0. The van der Waals surface area contributed by atoms with Crippen LogP contribution >= 0.6 is 11.3 Å². The Morgan fingerprint density at radius 3 is 3.27 bits per heavy atom. The number of rotatable bonds is 1. The molecule has 3 heterocycles. The Hall–Kier alpha value is -1.36. The van der Waals surface area contributed by atoms with E-state index in [1.165, 1.54) is 4.88 Å². The minimum Gasteiger partial charge on any atom is -0.366 e. The minimum absolute atomic E-state index is 0.400. The zero-order valence-corrected chi connectivity index (χ0v) is 9.07. The fourth-order valence-corrected chi connectivity index (χ4v) is 2.94. The van der Waals surface area contributed by atoms with Crippen molar-refractivity contribution in [1.29, 1.82) is 0 Å². The zero-order chi connectivity index (χ0) is 10.3. The van der Waals surface area contributed by atoms with Crippen LogP contribution in [0.4, 0.5) is 5.95 Å². The Balaban J connectivity index is 1.89. The molecule has 0 saturated heterocycles. The van der Waals surface area contributed by atoms with E-state index in [0.29, 0.717) is 11.9 Å². The van der Waals surface area contributed by atoms with Gasteiger partial charge in [-0.15, -0.1) is 16.4 Å². The van der Waals surface area contributed by atoms with E-state index in [1.807, 2.05) is 16.0 Å². The van der Waals surface area contributed by atoms with Crippen LogP contribution in [0.1, 0.15) is 23.0 Å². The molecule has 3 rings (SSSR count). The standard InChI is InChI=1S/C10H12N4S/c11-10-12-9-4-3-7(6-14(9)13-10)8-2-1-5-15-8/h1-2,5,7H,3-4,6H2,(H2,11,13). The SMILES string of the molecule is Nc1nc2n(n1)CC(c1cccs1)CC2. The molecule has 2 N–H and O–H groups in total. The number of anilines is 1. The van der Waals surface area contributed by atoms with Crippen LogP contribution in [0.2, 0.25) is 0 Å². The summed E-state index contributed by atoms with van der Waals surface area (Å²) in [6.07, 6.45) is 2.13. The highest BCUT2D eigenvalue weighted by atomic mass is 32.1. The van der Waals surface area contributed by atoms with Crippen molar-refractivity contribution in [2.45, 2.75) is 25.3 Å². The number of fused-ring (bicyclic) bond motifs is 1. The lowest BCUT2D eigenvalue weighted by Crippen LogP contribution is -2.19. The first kappa shape index (κ1) is 8.91. The van der Waals surface area contributed by atoms with Crippen LogP contribution in [0.15, 0.2) is 17.5 Å². The van der Waals surface area contributed by atoms with Crippen LogP contribution in [-0.4, -0.2) is 14.8 Å². The van der Waals surface area contributed by atoms with Gasteiger partial charge in [0.1, 0.15) is 5.82 Å². The van der Waals surface area contributed by atoms with Crippen molar-refractivity contribution in [2.75, 3.05) is 5.73 Å². The van der Waals surface area contributed by atoms with Crippen LogP contribution in [0.5, 0.6) is 0 Å². The third kappa shape index (κ3) is 1.52. The molecule has 0 fully saturated rings. The zero-order valence-electron chi connectivity index (χ0n) is 8.26. The van der Waals surface area contributed by atoms with E-state index in [9.17, 15) is 0 Å². The van der Waals surface area contributed by atoms with Crippen molar-refractivity contribution < 1.29 is 0 Å². The van der Waals surface area contributed by atoms with Crippen LogP contribution in [0.3, 0.4) is 0 Å². The van der Waals surface area contributed by atoms with Gasteiger partial charge in [-0.1, -0.05) is 6.07 Å². The van der Waals surface area contributed by atoms with Crippen molar-refractivity contribution in [3.63, 3.8) is 0 Å². The summed E-state index contributed by atoms with van der Waals surface area (Å²) in [5.41, 5.74) is 5.58. The van der Waals surface area contributed by atoms with Crippen LogP contribution in [-0.2, 0) is 13.0 Å². The van der Waals surface area contributed by atoms with Crippen molar-refractivity contribution in [3.05, 3.63) is 28.2 Å². The van der Waals surface area contributed by atoms with Gasteiger partial charge in [0, 0.05) is 17.2 Å². The molecule has 0 spiro atoms. The molecule has 2 aromatic rings. The van der Waals surface area contributed by atoms with Gasteiger partial charge in [0.25, 0.3) is 0 Å². The predicted molar refractivity (Wildman–Crippen MR) is 59.8 cm³/mol. The molecule has 0 aromatic carbocycles. The molecule has 4 nitrogen and oxygen atoms in total. The summed E-state index contributed by atoms with van der Waals surface area (Å²) in [6, 6.07) is 4.30. The summed E-state index contributed by atoms with van der Waals surface area (Å²) >= 11 is 1.82. The third-order valence-corrected chi connectivity index (χ3v) is 3.85. The van der Waals surface area contributed by atoms with Gasteiger partial charge in [0.15, 0.2) is 0 Å². The lowest BCUT2D eigenvalue weighted by atomic mass is 9.98. The molecule has 1 aliphatic heterocycles. The molecule has 78 valence electrons. The molecule has 0 aliphatic carbocycles. The fourth-order valence-electron chi connectivity index (χ4n) is 2.08. The van der Waals surface area contributed by atoms with Gasteiger partial charge in [-0.2, -0.15) is 4.98 Å². The Kier molecular flexibility index (Phi) is 1.98. The highest BCUT2D eigenvalue weighted by Crippen LogP contribution is 2.30. The normalized spacial score (nSPS) is 20.1. The Morgan fingerprint density at radius 2 is 2.47 bits per heavy atom. The number of aryl methyl sites for hydroxylation is 1. The summed E-state index contributed by atoms with van der Waals surface area (Å²) in [5, 5.41) is 6.32. The monoisotopic (exact) mass is 220 g/mol. The van der Waals surface area contributed by atoms with Gasteiger partial charge in [0.05, 0.1) is 6.54 Å². The first-order chi connectivity index (χ1) is 7.33. The molecular formula is C10H12N4S. The van der Waals surface area contributed by atoms with Crippen molar-refractivity contribution in [1.82, 2.24) is 14.8 Å². The lowest BCUT2D eigenvalue weighted by molar-refractivity contribution is 0.428. The van der Waals surface area contributed by atoms with Gasteiger partial charge in [-0.25, -0.2) is 4.68 Å². The first-order valence-corrected chi connectivity index (χ1v) is 5.93. The van der Waals surface area contributed by atoms with E-state index < -0.39 is 0 Å². The number of nitrogens with zero attached hydrogens (tertiary/aromatic N) is 3. The van der Waals surface area contributed by atoms with E-state index in [-0.39, 0.29) is 0 Å². The second-order valence-corrected chi connectivity index (χ2v) is 4.80. The Labute approximate surface area is 91.7 Å². The molecule has 15 heavy (non-hydrogen) atoms. The lowest BCUT2D eigenvalue weighted by Gasteiger charge is -2.21. The van der Waals surface area contributed by atoms with Gasteiger partial charge in [-0.05, 0) is 17.9 Å². The van der Waals surface area contributed by atoms with E-state index >= 15 is 0 Å². The highest BCUT2D eigenvalue weighted by molar-refractivity contribution is 7.10. The number of nitrogen functional groups attached to an aromatic ring is 1. The summed E-state index contributed by atoms with van der Waals surface area (Å²) < 4.78 is 1.95. The Morgan fingerprint density at radius 1 is 1.53 bits per heavy atom. The molecule has 1 atom stereocenters. The highest BCUT2D eigenvalue weighted by Gasteiger charge is 2.22. The van der Waals surface area contributed by atoms with Gasteiger partial charge >= 0.3 is 0 Å². The molecule has 0 radical (unpaired) electrons. The molecule has 1 unspecified atom stereocenters. The maximum absolute atomic E-state index is 5.58. The van der Waals surface area contributed by atoms with Crippen LogP contribution in [0, 0.1) is 0 Å². The summed E-state index contributed by atoms with van der Waals surface area (Å²) in [4.78, 5) is 5.64. The molecule has 2 aromatic heterocycles. The van der Waals surface area contributed by atoms with E-state index in [4.69, 9.17) is 5.73 Å². The van der Waals surface area contributed by atoms with Crippen LogP contribution in [0.25, 0.3) is 0 Å². The largest absolute Gasteiger partial charge is 0.366 e. The topological polar surface area (TPSA) is 56.7 Å². The Bertz CT molecular complexity index is 460. The van der Waals surface area contributed by atoms with Crippen molar-refractivity contribution in [2.24, 2.45) is 0 Å². The van der Waals surface area contributed by atoms with E-state index in [0.717, 1.165) is 25.2 Å². The van der Waals surface area contributed by atoms with Crippen molar-refractivity contribution in [3.8, 4) is 0 Å². The van der Waals surface area contributed by atoms with Gasteiger partial charge in [0.2, 0.25) is 5.95 Å². The maximum atomic E-state index is 5.58. The number of thiophene rings is 1. The second-order valence-electron chi connectivity index (χ2n) is 3.82. The molecule has 0 saturated carbocycles. The third-order valence-electron chi connectivity index (χ3n) is 2.82. The number of hydrogen-bond donors (Lipinski definition) is 1. The van der Waals surface area contributed by atoms with Gasteiger partial charge in [-0.3, -0.25) is 0 Å². The molecule has 1 aliphatic rings.